The van der Waals surface area contributed by atoms with E-state index in [9.17, 15) is 4.39 Å². The average molecular weight is 316 g/mol. The number of aryl methyl sites for hydroxylation is 1. The third-order valence-corrected chi connectivity index (χ3v) is 3.68. The van der Waals surface area contributed by atoms with E-state index in [1.807, 2.05) is 6.07 Å². The summed E-state index contributed by atoms with van der Waals surface area (Å²) in [5.74, 6) is -0.220. The summed E-state index contributed by atoms with van der Waals surface area (Å²) in [6.45, 7) is 1.47. The summed E-state index contributed by atoms with van der Waals surface area (Å²) in [5, 5.41) is 6.96. The number of hydrogen-bond acceptors (Lipinski definition) is 1. The van der Waals surface area contributed by atoms with Crippen LogP contribution >= 0.6 is 12.2 Å². The van der Waals surface area contributed by atoms with Crippen LogP contribution in [0.5, 0.6) is 0 Å². The van der Waals surface area contributed by atoms with Crippen molar-refractivity contribution < 1.29 is 4.39 Å². The van der Waals surface area contributed by atoms with Crippen LogP contribution < -0.4 is 10.6 Å². The third-order valence-electron chi connectivity index (χ3n) is 3.39. The van der Waals surface area contributed by atoms with Crippen LogP contribution in [0, 0.1) is 5.82 Å². The van der Waals surface area contributed by atoms with Gasteiger partial charge < -0.3 is 10.6 Å². The fraction of sp³-hybridized carbons (Fsp3) is 0.278. The van der Waals surface area contributed by atoms with Crippen molar-refractivity contribution in [1.82, 2.24) is 10.6 Å². The molecule has 0 heterocycles. The van der Waals surface area contributed by atoms with E-state index in [-0.39, 0.29) is 5.82 Å². The Hall–Kier alpha value is -1.94. The lowest BCUT2D eigenvalue weighted by Crippen LogP contribution is -2.35. The van der Waals surface area contributed by atoms with Gasteiger partial charge in [0.1, 0.15) is 5.82 Å². The van der Waals surface area contributed by atoms with Gasteiger partial charge in [-0.3, -0.25) is 0 Å². The highest BCUT2D eigenvalue weighted by Crippen LogP contribution is 2.04. The van der Waals surface area contributed by atoms with Crippen LogP contribution in [-0.4, -0.2) is 11.7 Å². The van der Waals surface area contributed by atoms with Gasteiger partial charge in [-0.05, 0) is 54.7 Å². The normalized spacial score (nSPS) is 10.2. The first-order valence-electron chi connectivity index (χ1n) is 7.54. The quantitative estimate of drug-likeness (QED) is 0.600. The Morgan fingerprint density at radius 2 is 1.59 bits per heavy atom. The van der Waals surface area contributed by atoms with E-state index in [4.69, 9.17) is 12.2 Å². The van der Waals surface area contributed by atoms with Gasteiger partial charge in [-0.25, -0.2) is 4.39 Å². The summed E-state index contributed by atoms with van der Waals surface area (Å²) in [5.41, 5.74) is 2.38. The zero-order valence-electron chi connectivity index (χ0n) is 12.5. The maximum absolute atomic E-state index is 12.8. The lowest BCUT2D eigenvalue weighted by Gasteiger charge is -2.10. The van der Waals surface area contributed by atoms with Crippen molar-refractivity contribution in [3.05, 3.63) is 71.5 Å². The Labute approximate surface area is 136 Å². The molecule has 0 amide bonds. The molecule has 4 heteroatoms. The monoisotopic (exact) mass is 316 g/mol. The predicted octanol–water partition coefficient (Wildman–Crippen LogP) is 3.81. The van der Waals surface area contributed by atoms with Crippen molar-refractivity contribution in [2.24, 2.45) is 0 Å². The second-order valence-electron chi connectivity index (χ2n) is 5.18. The number of nitrogens with one attached hydrogen (secondary N) is 2. The van der Waals surface area contributed by atoms with Gasteiger partial charge in [0.05, 0.1) is 0 Å². The van der Waals surface area contributed by atoms with Gasteiger partial charge in [0.2, 0.25) is 0 Å². The van der Waals surface area contributed by atoms with Gasteiger partial charge in [0, 0.05) is 13.1 Å². The molecule has 22 heavy (non-hydrogen) atoms. The van der Waals surface area contributed by atoms with Crippen LogP contribution in [0.25, 0.3) is 0 Å². The van der Waals surface area contributed by atoms with Gasteiger partial charge in [-0.15, -0.1) is 0 Å². The highest BCUT2D eigenvalue weighted by Gasteiger charge is 1.98. The Morgan fingerprint density at radius 1 is 0.864 bits per heavy atom. The molecule has 0 aliphatic heterocycles. The van der Waals surface area contributed by atoms with E-state index in [2.05, 4.69) is 34.9 Å². The second kappa shape index (κ2) is 9.15. The largest absolute Gasteiger partial charge is 0.363 e. The summed E-state index contributed by atoms with van der Waals surface area (Å²) in [6.07, 6.45) is 3.31. The third kappa shape index (κ3) is 6.22. The molecular formula is C18H21FN2S. The standard InChI is InChI=1S/C18H21FN2S/c19-17-11-9-16(10-12-17)14-21-18(22)20-13-5-4-8-15-6-2-1-3-7-15/h1-3,6-7,9-12H,4-5,8,13-14H2,(H2,20,21,22). The number of hydrogen-bond donors (Lipinski definition) is 2. The summed E-state index contributed by atoms with van der Waals surface area (Å²) in [7, 11) is 0. The van der Waals surface area contributed by atoms with E-state index < -0.39 is 0 Å². The molecule has 2 nitrogen and oxygen atoms in total. The molecule has 0 aliphatic carbocycles. The van der Waals surface area contributed by atoms with Crippen LogP contribution in [0.1, 0.15) is 24.0 Å². The van der Waals surface area contributed by atoms with Crippen LogP contribution in [-0.2, 0) is 13.0 Å². The summed E-state index contributed by atoms with van der Waals surface area (Å²) >= 11 is 5.23. The minimum absolute atomic E-state index is 0.220. The fourth-order valence-corrected chi connectivity index (χ4v) is 2.32. The smallest absolute Gasteiger partial charge is 0.166 e. The second-order valence-corrected chi connectivity index (χ2v) is 5.59. The van der Waals surface area contributed by atoms with Crippen molar-refractivity contribution >= 4 is 17.3 Å². The number of halogens is 1. The lowest BCUT2D eigenvalue weighted by molar-refractivity contribution is 0.626. The molecular weight excluding hydrogens is 295 g/mol. The van der Waals surface area contributed by atoms with Crippen LogP contribution in [0.2, 0.25) is 0 Å². The molecule has 2 aromatic rings. The maximum Gasteiger partial charge on any atom is 0.166 e. The molecule has 0 fully saturated rings. The topological polar surface area (TPSA) is 24.1 Å². The Balaban J connectivity index is 1.55. The molecule has 2 N–H and O–H groups in total. The first-order chi connectivity index (χ1) is 10.7. The Kier molecular flexibility index (Phi) is 6.84. The molecule has 0 spiro atoms. The molecule has 2 rings (SSSR count). The van der Waals surface area contributed by atoms with E-state index >= 15 is 0 Å². The molecule has 2 aromatic carbocycles. The van der Waals surface area contributed by atoms with Gasteiger partial charge >= 0.3 is 0 Å². The fourth-order valence-electron chi connectivity index (χ4n) is 2.15. The first-order valence-corrected chi connectivity index (χ1v) is 7.95. The zero-order valence-corrected chi connectivity index (χ0v) is 13.3. The van der Waals surface area contributed by atoms with Crippen LogP contribution in [0.15, 0.2) is 54.6 Å². The Bertz CT molecular complexity index is 569. The van der Waals surface area contributed by atoms with Crippen molar-refractivity contribution in [2.45, 2.75) is 25.8 Å². The molecule has 0 atom stereocenters. The molecule has 0 bridgehead atoms. The maximum atomic E-state index is 12.8. The summed E-state index contributed by atoms with van der Waals surface area (Å²) in [4.78, 5) is 0. The van der Waals surface area contributed by atoms with Crippen LogP contribution in [0.3, 0.4) is 0 Å². The highest BCUT2D eigenvalue weighted by molar-refractivity contribution is 7.80. The predicted molar refractivity (Wildman–Crippen MR) is 93.2 cm³/mol. The molecule has 0 unspecified atom stereocenters. The van der Waals surface area contributed by atoms with Gasteiger partial charge in [0.25, 0.3) is 0 Å². The minimum atomic E-state index is -0.220. The van der Waals surface area contributed by atoms with Gasteiger partial charge in [-0.1, -0.05) is 42.5 Å². The van der Waals surface area contributed by atoms with Crippen molar-refractivity contribution in [3.8, 4) is 0 Å². The Morgan fingerprint density at radius 3 is 2.32 bits per heavy atom. The van der Waals surface area contributed by atoms with Gasteiger partial charge in [0.15, 0.2) is 5.11 Å². The number of unbranched alkanes of at least 4 members (excludes halogenated alkanes) is 1. The van der Waals surface area contributed by atoms with E-state index in [1.165, 1.54) is 17.7 Å². The number of rotatable bonds is 7. The average Bonchev–Trinajstić information content (AvgIpc) is 2.55. The molecule has 116 valence electrons. The molecule has 0 aliphatic rings. The van der Waals surface area contributed by atoms with E-state index in [1.54, 1.807) is 12.1 Å². The van der Waals surface area contributed by atoms with Crippen molar-refractivity contribution in [1.29, 1.82) is 0 Å². The first kappa shape index (κ1) is 16.4. The number of thiocarbonyl (C=S) groups is 1. The SMILES string of the molecule is Fc1ccc(CNC(=S)NCCCCc2ccccc2)cc1. The summed E-state index contributed by atoms with van der Waals surface area (Å²) < 4.78 is 12.8. The molecule has 0 saturated carbocycles. The van der Waals surface area contributed by atoms with E-state index in [0.29, 0.717) is 11.7 Å². The van der Waals surface area contributed by atoms with Gasteiger partial charge in [-0.2, -0.15) is 0 Å². The van der Waals surface area contributed by atoms with Crippen molar-refractivity contribution in [3.63, 3.8) is 0 Å². The highest BCUT2D eigenvalue weighted by atomic mass is 32.1. The minimum Gasteiger partial charge on any atom is -0.363 e. The molecule has 0 aromatic heterocycles. The summed E-state index contributed by atoms with van der Waals surface area (Å²) in [6, 6.07) is 16.9. The number of benzene rings is 2. The van der Waals surface area contributed by atoms with E-state index in [0.717, 1.165) is 31.4 Å². The molecule has 0 saturated heterocycles. The molecule has 0 radical (unpaired) electrons. The van der Waals surface area contributed by atoms with Crippen molar-refractivity contribution in [2.75, 3.05) is 6.54 Å². The lowest BCUT2D eigenvalue weighted by atomic mass is 10.1. The van der Waals surface area contributed by atoms with Crippen LogP contribution in [0.4, 0.5) is 4.39 Å². The zero-order chi connectivity index (χ0) is 15.6.